The molecule has 0 aliphatic rings. The Bertz CT molecular complexity index is 182. The third kappa shape index (κ3) is 6.40. The summed E-state index contributed by atoms with van der Waals surface area (Å²) in [5.74, 6) is 0. The third-order valence-corrected chi connectivity index (χ3v) is 1.41. The van der Waals surface area contributed by atoms with Crippen molar-refractivity contribution in [3.63, 3.8) is 0 Å². The zero-order valence-electron chi connectivity index (χ0n) is 9.01. The summed E-state index contributed by atoms with van der Waals surface area (Å²) in [5, 5.41) is 0. The Morgan fingerprint density at radius 1 is 1.31 bits per heavy atom. The molecular weight excluding hydrogens is 170 g/mol. The summed E-state index contributed by atoms with van der Waals surface area (Å²) in [7, 11) is 1.28. The average Bonchev–Trinajstić information content (AvgIpc) is 1.80. The van der Waals surface area contributed by atoms with E-state index in [1.165, 1.54) is 7.11 Å². The highest BCUT2D eigenvalue weighted by molar-refractivity contribution is 5.60. The molecule has 0 radical (unpaired) electrons. The van der Waals surface area contributed by atoms with E-state index in [4.69, 9.17) is 10.5 Å². The van der Waals surface area contributed by atoms with Crippen molar-refractivity contribution in [3.8, 4) is 0 Å². The summed E-state index contributed by atoms with van der Waals surface area (Å²) in [6.45, 7) is 7.38. The Labute approximate surface area is 79.4 Å². The van der Waals surface area contributed by atoms with E-state index in [2.05, 4.69) is 4.74 Å². The first kappa shape index (κ1) is 12.2. The summed E-state index contributed by atoms with van der Waals surface area (Å²) < 4.78 is 9.42. The standard InChI is InChI=1S/C9H19NO3/c1-8(2,10)6-9(3,4)13-7(11)12-5/h6,10H2,1-5H3. The van der Waals surface area contributed by atoms with E-state index in [1.54, 1.807) is 13.8 Å². The van der Waals surface area contributed by atoms with Gasteiger partial charge in [-0.2, -0.15) is 0 Å². The lowest BCUT2D eigenvalue weighted by molar-refractivity contribution is -0.0195. The molecule has 0 rings (SSSR count). The number of ether oxygens (including phenoxy) is 2. The number of rotatable bonds is 3. The molecule has 2 N–H and O–H groups in total. The van der Waals surface area contributed by atoms with Crippen LogP contribution in [0.1, 0.15) is 34.1 Å². The van der Waals surface area contributed by atoms with Crippen molar-refractivity contribution < 1.29 is 14.3 Å². The van der Waals surface area contributed by atoms with Crippen molar-refractivity contribution in [2.45, 2.75) is 45.3 Å². The summed E-state index contributed by atoms with van der Waals surface area (Å²) in [5.41, 5.74) is 4.85. The van der Waals surface area contributed by atoms with Crippen LogP contribution >= 0.6 is 0 Å². The number of carbonyl (C=O) groups excluding carboxylic acids is 1. The maximum absolute atomic E-state index is 10.8. The second kappa shape index (κ2) is 3.96. The highest BCUT2D eigenvalue weighted by Crippen LogP contribution is 2.21. The van der Waals surface area contributed by atoms with Crippen molar-refractivity contribution in [2.75, 3.05) is 7.11 Å². The molecule has 0 saturated heterocycles. The van der Waals surface area contributed by atoms with Crippen LogP contribution in [0.3, 0.4) is 0 Å². The van der Waals surface area contributed by atoms with Gasteiger partial charge in [-0.05, 0) is 27.7 Å². The van der Waals surface area contributed by atoms with Crippen molar-refractivity contribution in [3.05, 3.63) is 0 Å². The van der Waals surface area contributed by atoms with E-state index in [0.717, 1.165) is 0 Å². The fourth-order valence-corrected chi connectivity index (χ4v) is 1.40. The first-order valence-corrected chi connectivity index (χ1v) is 4.22. The van der Waals surface area contributed by atoms with Crippen LogP contribution < -0.4 is 5.73 Å². The summed E-state index contributed by atoms with van der Waals surface area (Å²) in [4.78, 5) is 10.8. The highest BCUT2D eigenvalue weighted by atomic mass is 16.7. The maximum Gasteiger partial charge on any atom is 0.508 e. The van der Waals surface area contributed by atoms with Gasteiger partial charge in [-0.3, -0.25) is 0 Å². The molecule has 0 fully saturated rings. The Morgan fingerprint density at radius 2 is 1.77 bits per heavy atom. The normalized spacial score (nSPS) is 12.5. The first-order valence-electron chi connectivity index (χ1n) is 4.22. The molecule has 4 nitrogen and oxygen atoms in total. The number of hydrogen-bond donors (Lipinski definition) is 1. The lowest BCUT2D eigenvalue weighted by Crippen LogP contribution is -2.42. The third-order valence-electron chi connectivity index (χ3n) is 1.41. The van der Waals surface area contributed by atoms with Gasteiger partial charge in [0.25, 0.3) is 0 Å². The van der Waals surface area contributed by atoms with Gasteiger partial charge >= 0.3 is 6.16 Å². The maximum atomic E-state index is 10.8. The predicted molar refractivity (Wildman–Crippen MR) is 50.5 cm³/mol. The molecule has 0 bridgehead atoms. The van der Waals surface area contributed by atoms with Crippen LogP contribution in [-0.4, -0.2) is 24.4 Å². The summed E-state index contributed by atoms with van der Waals surface area (Å²) in [6.07, 6.45) is -0.0935. The molecule has 0 aromatic heterocycles. The van der Waals surface area contributed by atoms with Gasteiger partial charge in [0.1, 0.15) is 5.60 Å². The van der Waals surface area contributed by atoms with Crippen molar-refractivity contribution >= 4 is 6.16 Å². The molecule has 78 valence electrons. The molecular formula is C9H19NO3. The van der Waals surface area contributed by atoms with Gasteiger partial charge < -0.3 is 15.2 Å². The molecule has 0 aromatic carbocycles. The van der Waals surface area contributed by atoms with Crippen LogP contribution in [0, 0.1) is 0 Å². The number of carbonyl (C=O) groups is 1. The molecule has 0 amide bonds. The van der Waals surface area contributed by atoms with Gasteiger partial charge in [-0.25, -0.2) is 4.79 Å². The topological polar surface area (TPSA) is 61.5 Å². The fraction of sp³-hybridized carbons (Fsp3) is 0.889. The highest BCUT2D eigenvalue weighted by Gasteiger charge is 2.29. The minimum Gasteiger partial charge on any atom is -0.438 e. The van der Waals surface area contributed by atoms with Gasteiger partial charge in [-0.1, -0.05) is 0 Å². The lowest BCUT2D eigenvalue weighted by Gasteiger charge is -2.31. The van der Waals surface area contributed by atoms with Crippen molar-refractivity contribution in [2.24, 2.45) is 5.73 Å². The van der Waals surface area contributed by atoms with Crippen LogP contribution in [-0.2, 0) is 9.47 Å². The number of hydrogen-bond acceptors (Lipinski definition) is 4. The van der Waals surface area contributed by atoms with E-state index in [9.17, 15) is 4.79 Å². The molecule has 0 atom stereocenters. The molecule has 0 spiro atoms. The SMILES string of the molecule is COC(=O)OC(C)(C)CC(C)(C)N. The Hall–Kier alpha value is -0.770. The average molecular weight is 189 g/mol. The second-order valence-electron chi connectivity index (χ2n) is 4.48. The molecule has 0 aliphatic heterocycles. The smallest absolute Gasteiger partial charge is 0.438 e. The predicted octanol–water partition coefficient (Wildman–Crippen LogP) is 1.68. The molecule has 0 unspecified atom stereocenters. The number of methoxy groups -OCH3 is 1. The van der Waals surface area contributed by atoms with Gasteiger partial charge in [0, 0.05) is 12.0 Å². The largest absolute Gasteiger partial charge is 0.508 e. The quantitative estimate of drug-likeness (QED) is 0.686. The van der Waals surface area contributed by atoms with E-state index >= 15 is 0 Å². The molecule has 0 aromatic rings. The molecule has 0 heterocycles. The summed E-state index contributed by atoms with van der Waals surface area (Å²) >= 11 is 0. The monoisotopic (exact) mass is 189 g/mol. The first-order chi connectivity index (χ1) is 5.66. The minimum atomic E-state index is -0.672. The molecule has 0 saturated carbocycles. The van der Waals surface area contributed by atoms with E-state index in [1.807, 2.05) is 13.8 Å². The van der Waals surface area contributed by atoms with Crippen LogP contribution in [0.5, 0.6) is 0 Å². The van der Waals surface area contributed by atoms with Gasteiger partial charge in [0.2, 0.25) is 0 Å². The van der Waals surface area contributed by atoms with E-state index in [0.29, 0.717) is 6.42 Å². The lowest BCUT2D eigenvalue weighted by atomic mass is 9.90. The van der Waals surface area contributed by atoms with Gasteiger partial charge in [0.05, 0.1) is 7.11 Å². The van der Waals surface area contributed by atoms with Crippen molar-refractivity contribution in [1.82, 2.24) is 0 Å². The van der Waals surface area contributed by atoms with Crippen molar-refractivity contribution in [1.29, 1.82) is 0 Å². The second-order valence-corrected chi connectivity index (χ2v) is 4.48. The fourth-order valence-electron chi connectivity index (χ4n) is 1.40. The summed E-state index contributed by atoms with van der Waals surface area (Å²) in [6, 6.07) is 0. The van der Waals surface area contributed by atoms with Gasteiger partial charge in [0.15, 0.2) is 0 Å². The Kier molecular flexibility index (Phi) is 3.72. The van der Waals surface area contributed by atoms with Gasteiger partial charge in [-0.15, -0.1) is 0 Å². The van der Waals surface area contributed by atoms with Crippen LogP contribution in [0.2, 0.25) is 0 Å². The molecule has 4 heteroatoms. The zero-order valence-corrected chi connectivity index (χ0v) is 9.01. The molecule has 0 aliphatic carbocycles. The molecule has 13 heavy (non-hydrogen) atoms. The Balaban J connectivity index is 4.16. The van der Waals surface area contributed by atoms with Crippen LogP contribution in [0.15, 0.2) is 0 Å². The van der Waals surface area contributed by atoms with E-state index in [-0.39, 0.29) is 5.54 Å². The van der Waals surface area contributed by atoms with Crippen LogP contribution in [0.4, 0.5) is 4.79 Å². The zero-order chi connectivity index (χ0) is 10.7. The Morgan fingerprint density at radius 3 is 2.08 bits per heavy atom. The van der Waals surface area contributed by atoms with E-state index < -0.39 is 11.8 Å². The minimum absolute atomic E-state index is 0.364. The van der Waals surface area contributed by atoms with Crippen LogP contribution in [0.25, 0.3) is 0 Å². The number of nitrogens with two attached hydrogens (primary N) is 1.